The molecule has 1 amide bonds. The summed E-state index contributed by atoms with van der Waals surface area (Å²) in [6.45, 7) is 0.00645. The number of carbonyl (C=O) groups excluding carboxylic acids is 1. The topological polar surface area (TPSA) is 113 Å². The Kier molecular flexibility index (Phi) is 10.2. The predicted molar refractivity (Wildman–Crippen MR) is 135 cm³/mol. The molecule has 0 aliphatic rings. The summed E-state index contributed by atoms with van der Waals surface area (Å²) in [6.07, 6.45) is 0.641. The number of carboxylic acids is 2. The predicted octanol–water partition coefficient (Wildman–Crippen LogP) is 3.97. The number of amides is 1. The third-order valence-corrected chi connectivity index (χ3v) is 5.95. The highest BCUT2D eigenvalue weighted by atomic mass is 16.5. The van der Waals surface area contributed by atoms with Crippen LogP contribution in [0.3, 0.4) is 0 Å². The van der Waals surface area contributed by atoms with Crippen LogP contribution in [0.4, 0.5) is 0 Å². The Hall–Kier alpha value is -3.97. The quantitative estimate of drug-likeness (QED) is 0.316. The lowest BCUT2D eigenvalue weighted by atomic mass is 9.85. The van der Waals surface area contributed by atoms with Crippen molar-refractivity contribution >= 4 is 17.8 Å². The highest BCUT2D eigenvalue weighted by molar-refractivity contribution is 5.85. The average Bonchev–Trinajstić information content (AvgIpc) is 2.88. The molecular formula is C29H31NO6. The molecule has 0 radical (unpaired) electrons. The zero-order chi connectivity index (χ0) is 25.8. The normalized spacial score (nSPS) is 13.3. The van der Waals surface area contributed by atoms with Gasteiger partial charge in [0.15, 0.2) is 6.04 Å². The van der Waals surface area contributed by atoms with Crippen LogP contribution in [0.1, 0.15) is 23.1 Å². The van der Waals surface area contributed by atoms with Crippen molar-refractivity contribution in [2.45, 2.75) is 31.9 Å². The molecule has 0 heterocycles. The number of carboxylic acid groups (broad SMARTS) is 2. The van der Waals surface area contributed by atoms with Crippen molar-refractivity contribution < 1.29 is 29.3 Å². The van der Waals surface area contributed by atoms with E-state index in [1.165, 1.54) is 0 Å². The van der Waals surface area contributed by atoms with Gasteiger partial charge in [-0.15, -0.1) is 0 Å². The van der Waals surface area contributed by atoms with E-state index < -0.39 is 35.7 Å². The molecule has 36 heavy (non-hydrogen) atoms. The third kappa shape index (κ3) is 8.67. The van der Waals surface area contributed by atoms with E-state index in [1.807, 2.05) is 91.0 Å². The van der Waals surface area contributed by atoms with Crippen molar-refractivity contribution in [3.05, 3.63) is 108 Å². The maximum Gasteiger partial charge on any atom is 0.328 e. The fourth-order valence-corrected chi connectivity index (χ4v) is 4.03. The molecule has 3 N–H and O–H groups in total. The first-order valence-electron chi connectivity index (χ1n) is 11.9. The van der Waals surface area contributed by atoms with Gasteiger partial charge in [-0.2, -0.15) is 0 Å². The van der Waals surface area contributed by atoms with E-state index in [9.17, 15) is 24.6 Å². The molecule has 0 bridgehead atoms. The van der Waals surface area contributed by atoms with Crippen LogP contribution in [0.5, 0.6) is 0 Å². The molecule has 7 nitrogen and oxygen atoms in total. The highest BCUT2D eigenvalue weighted by Gasteiger charge is 2.30. The van der Waals surface area contributed by atoms with Crippen LogP contribution in [0.15, 0.2) is 91.0 Å². The summed E-state index contributed by atoms with van der Waals surface area (Å²) in [5.74, 6) is -4.24. The summed E-state index contributed by atoms with van der Waals surface area (Å²) in [5, 5.41) is 22.1. The lowest BCUT2D eigenvalue weighted by Crippen LogP contribution is -2.47. The third-order valence-electron chi connectivity index (χ3n) is 5.95. The summed E-state index contributed by atoms with van der Waals surface area (Å²) in [7, 11) is 0. The van der Waals surface area contributed by atoms with Crippen molar-refractivity contribution in [1.29, 1.82) is 0 Å². The number of hydrogen-bond acceptors (Lipinski definition) is 4. The van der Waals surface area contributed by atoms with Crippen LogP contribution in [0, 0.1) is 11.8 Å². The van der Waals surface area contributed by atoms with E-state index in [-0.39, 0.29) is 26.1 Å². The second-order valence-corrected chi connectivity index (χ2v) is 8.75. The summed E-state index contributed by atoms with van der Waals surface area (Å²) in [5.41, 5.74) is 2.62. The molecular weight excluding hydrogens is 458 g/mol. The van der Waals surface area contributed by atoms with E-state index in [1.54, 1.807) is 0 Å². The first-order chi connectivity index (χ1) is 17.4. The highest BCUT2D eigenvalue weighted by Crippen LogP contribution is 2.22. The van der Waals surface area contributed by atoms with Gasteiger partial charge in [0.05, 0.1) is 19.1 Å². The van der Waals surface area contributed by atoms with Crippen LogP contribution in [-0.2, 0) is 38.6 Å². The van der Waals surface area contributed by atoms with Gasteiger partial charge in [0.25, 0.3) is 0 Å². The first-order valence-corrected chi connectivity index (χ1v) is 11.9. The van der Waals surface area contributed by atoms with Crippen LogP contribution in [0.25, 0.3) is 0 Å². The summed E-state index contributed by atoms with van der Waals surface area (Å²) < 4.78 is 5.55. The van der Waals surface area contributed by atoms with Crippen LogP contribution in [0.2, 0.25) is 0 Å². The maximum atomic E-state index is 13.3. The second-order valence-electron chi connectivity index (χ2n) is 8.75. The lowest BCUT2D eigenvalue weighted by molar-refractivity contribution is -0.146. The number of hydrogen-bond donors (Lipinski definition) is 3. The van der Waals surface area contributed by atoms with Crippen LogP contribution in [-0.4, -0.2) is 40.7 Å². The van der Waals surface area contributed by atoms with Gasteiger partial charge in [0.2, 0.25) is 5.91 Å². The monoisotopic (exact) mass is 489 g/mol. The standard InChI is InChI=1S/C29H31NO6/c31-27(30-26(29(34)35)20-36-19-23-14-8-3-9-15-23)24(16-21-10-4-1-5-11-21)18-25(28(32)33)17-22-12-6-2-7-13-22/h1-15,24-26H,16-20H2,(H,30,31)(H,32,33)(H,34,35)/t24-,25-,26?/m1/s1. The molecule has 1 unspecified atom stereocenters. The van der Waals surface area contributed by atoms with Crippen molar-refractivity contribution in [2.75, 3.05) is 6.61 Å². The lowest BCUT2D eigenvalue weighted by Gasteiger charge is -2.23. The van der Waals surface area contributed by atoms with Gasteiger partial charge in [-0.3, -0.25) is 9.59 Å². The largest absolute Gasteiger partial charge is 0.481 e. The Morgan fingerprint density at radius 2 is 1.14 bits per heavy atom. The van der Waals surface area contributed by atoms with E-state index in [0.29, 0.717) is 6.42 Å². The molecule has 0 aliphatic heterocycles. The molecule has 0 saturated heterocycles. The molecule has 0 saturated carbocycles. The molecule has 0 aliphatic carbocycles. The summed E-state index contributed by atoms with van der Waals surface area (Å²) in [4.78, 5) is 37.2. The van der Waals surface area contributed by atoms with Gasteiger partial charge in [-0.25, -0.2) is 4.79 Å². The van der Waals surface area contributed by atoms with Gasteiger partial charge in [-0.05, 0) is 36.0 Å². The minimum Gasteiger partial charge on any atom is -0.481 e. The molecule has 0 fully saturated rings. The Bertz CT molecular complexity index is 1100. The molecule has 3 rings (SSSR count). The Morgan fingerprint density at radius 3 is 1.61 bits per heavy atom. The minimum atomic E-state index is -1.25. The number of carbonyl (C=O) groups is 3. The second kappa shape index (κ2) is 13.8. The zero-order valence-corrected chi connectivity index (χ0v) is 20.0. The summed E-state index contributed by atoms with van der Waals surface area (Å²) in [6, 6.07) is 26.6. The Labute approximate surface area is 210 Å². The van der Waals surface area contributed by atoms with Crippen molar-refractivity contribution in [3.63, 3.8) is 0 Å². The van der Waals surface area contributed by atoms with E-state index in [4.69, 9.17) is 4.74 Å². The van der Waals surface area contributed by atoms with Gasteiger partial charge in [-0.1, -0.05) is 91.0 Å². The fourth-order valence-electron chi connectivity index (χ4n) is 4.03. The van der Waals surface area contributed by atoms with Gasteiger partial charge in [0.1, 0.15) is 0 Å². The summed E-state index contributed by atoms with van der Waals surface area (Å²) >= 11 is 0. The van der Waals surface area contributed by atoms with Gasteiger partial charge >= 0.3 is 11.9 Å². The van der Waals surface area contributed by atoms with Gasteiger partial charge in [0, 0.05) is 5.92 Å². The van der Waals surface area contributed by atoms with E-state index in [2.05, 4.69) is 5.32 Å². The zero-order valence-electron chi connectivity index (χ0n) is 20.0. The Balaban J connectivity index is 1.71. The van der Waals surface area contributed by atoms with Crippen LogP contribution < -0.4 is 5.32 Å². The molecule has 3 aromatic carbocycles. The fraction of sp³-hybridized carbons (Fsp3) is 0.276. The van der Waals surface area contributed by atoms with E-state index in [0.717, 1.165) is 16.7 Å². The molecule has 0 spiro atoms. The number of benzene rings is 3. The Morgan fingerprint density at radius 1 is 0.667 bits per heavy atom. The molecule has 188 valence electrons. The molecule has 0 aromatic heterocycles. The smallest absolute Gasteiger partial charge is 0.328 e. The maximum absolute atomic E-state index is 13.3. The molecule has 3 atom stereocenters. The minimum absolute atomic E-state index is 0.0716. The average molecular weight is 490 g/mol. The number of rotatable bonds is 14. The first kappa shape index (κ1) is 26.6. The van der Waals surface area contributed by atoms with Crippen molar-refractivity contribution in [2.24, 2.45) is 11.8 Å². The van der Waals surface area contributed by atoms with E-state index >= 15 is 0 Å². The van der Waals surface area contributed by atoms with Crippen molar-refractivity contribution in [1.82, 2.24) is 5.32 Å². The SMILES string of the molecule is O=C(O)C(COCc1ccccc1)NC(=O)[C@H](Cc1ccccc1)C[C@@H](Cc1ccccc1)C(=O)O. The number of nitrogens with one attached hydrogen (secondary N) is 1. The molecule has 3 aromatic rings. The van der Waals surface area contributed by atoms with Crippen molar-refractivity contribution in [3.8, 4) is 0 Å². The van der Waals surface area contributed by atoms with Gasteiger partial charge < -0.3 is 20.3 Å². The van der Waals surface area contributed by atoms with Crippen LogP contribution >= 0.6 is 0 Å². The number of ether oxygens (including phenoxy) is 1. The number of aliphatic carboxylic acids is 2. The molecule has 7 heteroatoms.